The smallest absolute Gasteiger partial charge is 0.309 e. The van der Waals surface area contributed by atoms with Crippen LogP contribution in [0.25, 0.3) is 4.85 Å². The molecule has 3 heteroatoms. The Bertz CT molecular complexity index is 253. The van der Waals surface area contributed by atoms with Crippen molar-refractivity contribution in [1.82, 2.24) is 0 Å². The first kappa shape index (κ1) is 11.7. The van der Waals surface area contributed by atoms with Crippen LogP contribution < -0.4 is 0 Å². The number of hydrogen-bond acceptors (Lipinski definition) is 2. The van der Waals surface area contributed by atoms with E-state index in [1.807, 2.05) is 20.8 Å². The molecule has 0 aromatic carbocycles. The van der Waals surface area contributed by atoms with E-state index < -0.39 is 5.60 Å². The second kappa shape index (κ2) is 4.66. The third-order valence-electron chi connectivity index (χ3n) is 1.13. The summed E-state index contributed by atoms with van der Waals surface area (Å²) in [5.41, 5.74) is 0.277. The van der Waals surface area contributed by atoms with Crippen LogP contribution in [0.4, 0.5) is 0 Å². The van der Waals surface area contributed by atoms with Gasteiger partial charge in [0.1, 0.15) is 5.60 Å². The Balaban J connectivity index is 4.05. The summed E-state index contributed by atoms with van der Waals surface area (Å²) in [6.07, 6.45) is 1.53. The lowest BCUT2D eigenvalue weighted by Crippen LogP contribution is -2.23. The van der Waals surface area contributed by atoms with E-state index in [0.29, 0.717) is 0 Å². The van der Waals surface area contributed by atoms with E-state index in [-0.39, 0.29) is 12.4 Å². The average molecular weight is 181 g/mol. The Morgan fingerprint density at radius 1 is 1.54 bits per heavy atom. The third-order valence-corrected chi connectivity index (χ3v) is 1.13. The molecule has 0 radical (unpaired) electrons. The van der Waals surface area contributed by atoms with Crippen LogP contribution >= 0.6 is 0 Å². The van der Waals surface area contributed by atoms with Crippen LogP contribution in [0.5, 0.6) is 0 Å². The van der Waals surface area contributed by atoms with Gasteiger partial charge in [-0.15, -0.1) is 0 Å². The van der Waals surface area contributed by atoms with Gasteiger partial charge in [-0.2, -0.15) is 0 Å². The van der Waals surface area contributed by atoms with E-state index in [9.17, 15) is 4.79 Å². The van der Waals surface area contributed by atoms with Crippen molar-refractivity contribution in [1.29, 1.82) is 0 Å². The lowest BCUT2D eigenvalue weighted by Gasteiger charge is -2.19. The molecule has 0 N–H and O–H groups in total. The van der Waals surface area contributed by atoms with Gasteiger partial charge in [0.15, 0.2) is 6.20 Å². The zero-order chi connectivity index (χ0) is 10.5. The normalized spacial score (nSPS) is 12.1. The molecular weight excluding hydrogens is 166 g/mol. The maximum absolute atomic E-state index is 11.2. The minimum absolute atomic E-state index is 0.194. The first-order valence-electron chi connectivity index (χ1n) is 4.09. The Morgan fingerprint density at radius 3 is 2.46 bits per heavy atom. The zero-order valence-corrected chi connectivity index (χ0v) is 8.55. The molecule has 0 atom stereocenters. The van der Waals surface area contributed by atoms with E-state index in [4.69, 9.17) is 11.3 Å². The Kier molecular flexibility index (Phi) is 4.19. The summed E-state index contributed by atoms with van der Waals surface area (Å²) in [6, 6.07) is 0. The van der Waals surface area contributed by atoms with Gasteiger partial charge in [0.25, 0.3) is 0 Å². The topological polar surface area (TPSA) is 30.7 Å². The van der Waals surface area contributed by atoms with Crippen molar-refractivity contribution in [2.45, 2.75) is 39.7 Å². The van der Waals surface area contributed by atoms with Crippen molar-refractivity contribution in [3.63, 3.8) is 0 Å². The van der Waals surface area contributed by atoms with E-state index in [1.54, 1.807) is 6.92 Å². The van der Waals surface area contributed by atoms with E-state index in [1.165, 1.54) is 6.20 Å². The summed E-state index contributed by atoms with van der Waals surface area (Å²) >= 11 is 0. The lowest BCUT2D eigenvalue weighted by atomic mass is 10.2. The van der Waals surface area contributed by atoms with Crippen molar-refractivity contribution in [2.24, 2.45) is 0 Å². The van der Waals surface area contributed by atoms with Gasteiger partial charge >= 0.3 is 5.97 Å². The van der Waals surface area contributed by atoms with Gasteiger partial charge in [0.05, 0.1) is 13.0 Å². The van der Waals surface area contributed by atoms with Gasteiger partial charge < -0.3 is 4.74 Å². The van der Waals surface area contributed by atoms with E-state index >= 15 is 0 Å². The molecule has 0 aliphatic carbocycles. The average Bonchev–Trinajstić information content (AvgIpc) is 1.81. The second-order valence-electron chi connectivity index (χ2n) is 3.87. The van der Waals surface area contributed by atoms with Gasteiger partial charge in [-0.25, -0.2) is 4.85 Å². The van der Waals surface area contributed by atoms with Crippen molar-refractivity contribution in [3.05, 3.63) is 23.2 Å². The lowest BCUT2D eigenvalue weighted by molar-refractivity contribution is -0.153. The van der Waals surface area contributed by atoms with Crippen molar-refractivity contribution in [3.8, 4) is 0 Å². The fourth-order valence-electron chi connectivity index (χ4n) is 0.761. The van der Waals surface area contributed by atoms with Gasteiger partial charge in [0.2, 0.25) is 0 Å². The van der Waals surface area contributed by atoms with Crippen LogP contribution in [0.3, 0.4) is 0 Å². The van der Waals surface area contributed by atoms with E-state index in [0.717, 1.165) is 5.57 Å². The molecule has 0 heterocycles. The van der Waals surface area contributed by atoms with Crippen LogP contribution in [0.15, 0.2) is 11.8 Å². The highest BCUT2D eigenvalue weighted by Gasteiger charge is 2.15. The first-order chi connectivity index (χ1) is 5.85. The highest BCUT2D eigenvalue weighted by molar-refractivity contribution is 5.72. The molecular formula is C10H15NO2. The first-order valence-corrected chi connectivity index (χ1v) is 4.09. The predicted octanol–water partition coefficient (Wildman–Crippen LogP) is 2.54. The predicted molar refractivity (Wildman–Crippen MR) is 50.8 cm³/mol. The molecule has 0 amide bonds. The van der Waals surface area contributed by atoms with Crippen molar-refractivity contribution >= 4 is 5.97 Å². The van der Waals surface area contributed by atoms with Gasteiger partial charge in [-0.1, -0.05) is 12.5 Å². The minimum atomic E-state index is -0.449. The van der Waals surface area contributed by atoms with Crippen molar-refractivity contribution < 1.29 is 9.53 Å². The van der Waals surface area contributed by atoms with Gasteiger partial charge in [0, 0.05) is 0 Å². The number of ether oxygens (including phenoxy) is 1. The number of rotatable bonds is 2. The third kappa shape index (κ3) is 7.07. The van der Waals surface area contributed by atoms with Crippen LogP contribution in [-0.4, -0.2) is 11.6 Å². The Morgan fingerprint density at radius 2 is 2.08 bits per heavy atom. The molecule has 0 fully saturated rings. The number of hydrogen-bond donors (Lipinski definition) is 0. The quantitative estimate of drug-likeness (QED) is 0.484. The molecule has 0 spiro atoms. The van der Waals surface area contributed by atoms with Gasteiger partial charge in [-0.05, 0) is 20.8 Å². The fourth-order valence-corrected chi connectivity index (χ4v) is 0.761. The number of carbonyl (C=O) groups excluding carboxylic acids is 1. The number of nitrogens with zero attached hydrogens (tertiary/aromatic N) is 1. The molecule has 0 saturated heterocycles. The SMILES string of the molecule is [C-]#[N+]/C=C(\C)CC(=O)OC(C)(C)C. The molecule has 0 aromatic heterocycles. The fraction of sp³-hybridized carbons (Fsp3) is 0.600. The molecule has 13 heavy (non-hydrogen) atoms. The van der Waals surface area contributed by atoms with E-state index in [2.05, 4.69) is 4.85 Å². The standard InChI is InChI=1S/C10H15NO2/c1-8(7-11-5)6-9(12)13-10(2,3)4/h7H,6H2,1-4H3/b8-7+. The van der Waals surface area contributed by atoms with Crippen LogP contribution in [0.1, 0.15) is 34.1 Å². The Labute approximate surface area is 79.2 Å². The summed E-state index contributed by atoms with van der Waals surface area (Å²) in [4.78, 5) is 14.2. The summed E-state index contributed by atoms with van der Waals surface area (Å²) in [5, 5.41) is 0. The maximum atomic E-state index is 11.2. The molecule has 0 aliphatic rings. The van der Waals surface area contributed by atoms with Crippen molar-refractivity contribution in [2.75, 3.05) is 0 Å². The highest BCUT2D eigenvalue weighted by Crippen LogP contribution is 2.10. The maximum Gasteiger partial charge on any atom is 0.309 e. The molecule has 3 nitrogen and oxygen atoms in total. The monoisotopic (exact) mass is 181 g/mol. The summed E-state index contributed by atoms with van der Waals surface area (Å²) in [7, 11) is 0. The van der Waals surface area contributed by atoms with Crippen LogP contribution in [0, 0.1) is 6.57 Å². The number of carbonyl (C=O) groups is 1. The molecule has 0 saturated carbocycles. The highest BCUT2D eigenvalue weighted by atomic mass is 16.6. The molecule has 0 rings (SSSR count). The second-order valence-corrected chi connectivity index (χ2v) is 3.87. The molecule has 0 aliphatic heterocycles. The van der Waals surface area contributed by atoms with Crippen LogP contribution in [0.2, 0.25) is 0 Å². The summed E-state index contributed by atoms with van der Waals surface area (Å²) in [5.74, 6) is -0.287. The van der Waals surface area contributed by atoms with Gasteiger partial charge in [-0.3, -0.25) is 4.79 Å². The zero-order valence-electron chi connectivity index (χ0n) is 8.55. The largest absolute Gasteiger partial charge is 0.460 e. The molecule has 72 valence electrons. The summed E-state index contributed by atoms with van der Waals surface area (Å²) < 4.78 is 5.07. The molecule has 0 aromatic rings. The molecule has 0 unspecified atom stereocenters. The van der Waals surface area contributed by atoms with Crippen LogP contribution in [-0.2, 0) is 9.53 Å². The number of esters is 1. The minimum Gasteiger partial charge on any atom is -0.460 e. The summed E-state index contributed by atoms with van der Waals surface area (Å²) in [6.45, 7) is 13.7. The Hall–Kier alpha value is -1.30. The molecule has 0 bridgehead atoms.